The topological polar surface area (TPSA) is 9.72 Å². The summed E-state index contributed by atoms with van der Waals surface area (Å²) >= 11 is 2.67. The molecule has 0 rings (SSSR count). The van der Waals surface area contributed by atoms with E-state index < -0.39 is 6.06 Å². The van der Waals surface area contributed by atoms with Crippen LogP contribution in [0.15, 0.2) is 0 Å². The lowest BCUT2D eigenvalue weighted by Gasteiger charge is -2.45. The first-order chi connectivity index (χ1) is 6.44. The second-order valence-corrected chi connectivity index (χ2v) is 11.3. The summed E-state index contributed by atoms with van der Waals surface area (Å²) in [6, 6.07) is -1.59. The molecule has 0 saturated carbocycles. The van der Waals surface area contributed by atoms with Gasteiger partial charge < -0.3 is 0 Å². The number of hydrogen-bond acceptors (Lipinski definition) is 3. The van der Waals surface area contributed by atoms with Crippen molar-refractivity contribution in [1.29, 1.82) is 0 Å². The first kappa shape index (κ1) is 14.8. The van der Waals surface area contributed by atoms with Crippen LogP contribution in [0.4, 0.5) is 0 Å². The molecule has 0 aliphatic carbocycles. The summed E-state index contributed by atoms with van der Waals surface area (Å²) in [5.74, 6) is 0. The molecule has 0 aliphatic heterocycles. The minimum absolute atomic E-state index is 1.11. The molecule has 0 bridgehead atoms. The van der Waals surface area contributed by atoms with Crippen LogP contribution in [0.25, 0.3) is 0 Å². The first-order valence-electron chi connectivity index (χ1n) is 5.27. The Morgan fingerprint density at radius 1 is 0.786 bits per heavy atom. The summed E-state index contributed by atoms with van der Waals surface area (Å²) in [7, 11) is 6.70. The van der Waals surface area contributed by atoms with Gasteiger partial charge in [-0.25, -0.2) is 0 Å². The average molecular weight is 329 g/mol. The van der Waals surface area contributed by atoms with Crippen LogP contribution in [0.3, 0.4) is 0 Å². The number of hydrogen-bond donors (Lipinski definition) is 0. The van der Waals surface area contributed by atoms with E-state index in [4.69, 9.17) is 0 Å². The van der Waals surface area contributed by atoms with Gasteiger partial charge in [-0.05, 0) is 40.8 Å². The minimum atomic E-state index is -1.59. The van der Waals surface area contributed by atoms with Crippen LogP contribution in [0.1, 0.15) is 20.8 Å². The predicted molar refractivity (Wildman–Crippen MR) is 74.7 cm³/mol. The van der Waals surface area contributed by atoms with Gasteiger partial charge in [-0.2, -0.15) is 0 Å². The van der Waals surface area contributed by atoms with Gasteiger partial charge in [0.25, 0.3) is 0 Å². The summed E-state index contributed by atoms with van der Waals surface area (Å²) in [5.41, 5.74) is 0. The second-order valence-electron chi connectivity index (χ2n) is 3.60. The number of nitrogens with zero attached hydrogens (tertiary/aromatic N) is 3. The zero-order valence-corrected chi connectivity index (χ0v) is 13.5. The SMILES string of the molecule is CCN(C)[Si](I)(N(C)CC)N(C)CC. The van der Waals surface area contributed by atoms with Crippen LogP contribution in [-0.2, 0) is 0 Å². The van der Waals surface area contributed by atoms with Crippen molar-refractivity contribution in [2.45, 2.75) is 20.8 Å². The zero-order chi connectivity index (χ0) is 11.4. The van der Waals surface area contributed by atoms with E-state index >= 15 is 0 Å². The van der Waals surface area contributed by atoms with Crippen LogP contribution >= 0.6 is 21.8 Å². The van der Waals surface area contributed by atoms with Crippen LogP contribution in [0.5, 0.6) is 0 Å². The molecule has 5 heteroatoms. The van der Waals surface area contributed by atoms with Crippen molar-refractivity contribution in [3.8, 4) is 0 Å². The molecule has 14 heavy (non-hydrogen) atoms. The van der Waals surface area contributed by atoms with E-state index in [0.29, 0.717) is 0 Å². The van der Waals surface area contributed by atoms with Gasteiger partial charge in [0.15, 0.2) is 0 Å². The molecule has 0 aromatic carbocycles. The van der Waals surface area contributed by atoms with Crippen molar-refractivity contribution >= 4 is 27.9 Å². The molecule has 0 N–H and O–H groups in total. The molecule has 0 spiro atoms. The van der Waals surface area contributed by atoms with Crippen LogP contribution in [0.2, 0.25) is 0 Å². The lowest BCUT2D eigenvalue weighted by atomic mass is 10.8. The van der Waals surface area contributed by atoms with Crippen molar-refractivity contribution in [3.63, 3.8) is 0 Å². The normalized spacial score (nSPS) is 13.3. The molecule has 0 fully saturated rings. The predicted octanol–water partition coefficient (Wildman–Crippen LogP) is 1.71. The van der Waals surface area contributed by atoms with Gasteiger partial charge in [-0.15, -0.1) is 0 Å². The smallest absolute Gasteiger partial charge is 0.294 e. The Kier molecular flexibility index (Phi) is 6.80. The van der Waals surface area contributed by atoms with Crippen molar-refractivity contribution in [3.05, 3.63) is 0 Å². The fraction of sp³-hybridized carbons (Fsp3) is 1.00. The van der Waals surface area contributed by atoms with Crippen LogP contribution in [-0.4, -0.2) is 60.5 Å². The molecule has 0 atom stereocenters. The molecule has 86 valence electrons. The van der Waals surface area contributed by atoms with Gasteiger partial charge in [-0.1, -0.05) is 42.6 Å². The largest absolute Gasteiger partial charge is 0.358 e. The lowest BCUT2D eigenvalue weighted by molar-refractivity contribution is 0.347. The monoisotopic (exact) mass is 329 g/mol. The highest BCUT2D eigenvalue weighted by molar-refractivity contribution is 14.1. The van der Waals surface area contributed by atoms with E-state index in [1.165, 1.54) is 0 Å². The highest BCUT2D eigenvalue weighted by Crippen LogP contribution is 2.23. The summed E-state index contributed by atoms with van der Waals surface area (Å²) in [6.45, 7) is 10.0. The third-order valence-electron chi connectivity index (χ3n) is 2.88. The van der Waals surface area contributed by atoms with Gasteiger partial charge in [0, 0.05) is 0 Å². The fourth-order valence-electron chi connectivity index (χ4n) is 1.48. The molecule has 0 heterocycles. The van der Waals surface area contributed by atoms with E-state index in [2.05, 4.69) is 77.4 Å². The van der Waals surface area contributed by atoms with E-state index in [1.807, 2.05) is 0 Å². The third-order valence-corrected chi connectivity index (χ3v) is 14.2. The number of halogens is 1. The fourth-order valence-corrected chi connectivity index (χ4v) is 7.50. The maximum atomic E-state index is 2.67. The molecular weight excluding hydrogens is 305 g/mol. The maximum absolute atomic E-state index is 2.67. The van der Waals surface area contributed by atoms with Crippen molar-refractivity contribution in [2.24, 2.45) is 0 Å². The number of rotatable bonds is 6. The Balaban J connectivity index is 4.83. The Labute approximate surface area is 103 Å². The summed E-state index contributed by atoms with van der Waals surface area (Å²) in [5, 5.41) is 0. The van der Waals surface area contributed by atoms with Crippen molar-refractivity contribution < 1.29 is 0 Å². The third kappa shape index (κ3) is 2.91. The van der Waals surface area contributed by atoms with Crippen molar-refractivity contribution in [1.82, 2.24) is 13.7 Å². The summed E-state index contributed by atoms with van der Waals surface area (Å²) in [4.78, 5) is 0. The molecule has 0 radical (unpaired) electrons. The first-order valence-corrected chi connectivity index (χ1v) is 10.2. The quantitative estimate of drug-likeness (QED) is 0.417. The van der Waals surface area contributed by atoms with Gasteiger partial charge in [-0.3, -0.25) is 13.7 Å². The molecule has 3 nitrogen and oxygen atoms in total. The molecule has 0 unspecified atom stereocenters. The molecule has 0 aliphatic rings. The van der Waals surface area contributed by atoms with Gasteiger partial charge >= 0.3 is 6.06 Å². The van der Waals surface area contributed by atoms with Crippen LogP contribution in [0, 0.1) is 0 Å². The van der Waals surface area contributed by atoms with E-state index in [9.17, 15) is 0 Å². The Hall–Kier alpha value is 0.827. The zero-order valence-electron chi connectivity index (χ0n) is 10.3. The molecular formula is C9H24IN3Si. The lowest BCUT2D eigenvalue weighted by Crippen LogP contribution is -2.68. The molecule has 0 saturated heterocycles. The second kappa shape index (κ2) is 6.42. The van der Waals surface area contributed by atoms with Gasteiger partial charge in [0.2, 0.25) is 0 Å². The molecule has 0 aromatic rings. The standard InChI is InChI=1S/C9H24IN3Si/c1-7-11(4)14(10,12(5)8-2)13(6)9-3/h7-9H2,1-6H3. The highest BCUT2D eigenvalue weighted by Gasteiger charge is 2.43. The highest BCUT2D eigenvalue weighted by atomic mass is 127. The maximum Gasteiger partial charge on any atom is 0.358 e. The van der Waals surface area contributed by atoms with E-state index in [-0.39, 0.29) is 0 Å². The summed E-state index contributed by atoms with van der Waals surface area (Å²) in [6.07, 6.45) is 0. The Morgan fingerprint density at radius 2 is 1.00 bits per heavy atom. The van der Waals surface area contributed by atoms with E-state index in [0.717, 1.165) is 19.6 Å². The molecule has 0 amide bonds. The Morgan fingerprint density at radius 3 is 1.14 bits per heavy atom. The Bertz CT molecular complexity index is 142. The van der Waals surface area contributed by atoms with Gasteiger partial charge in [0.1, 0.15) is 0 Å². The average Bonchev–Trinajstić information content (AvgIpc) is 2.24. The van der Waals surface area contributed by atoms with Crippen molar-refractivity contribution in [2.75, 3.05) is 40.8 Å². The molecule has 0 aromatic heterocycles. The summed E-state index contributed by atoms with van der Waals surface area (Å²) < 4.78 is 7.50. The van der Waals surface area contributed by atoms with Crippen LogP contribution < -0.4 is 0 Å². The minimum Gasteiger partial charge on any atom is -0.294 e. The van der Waals surface area contributed by atoms with E-state index in [1.54, 1.807) is 0 Å². The van der Waals surface area contributed by atoms with Gasteiger partial charge in [0.05, 0.1) is 0 Å².